The molecule has 43 heavy (non-hydrogen) atoms. The third-order valence-electron chi connectivity index (χ3n) is 8.35. The van der Waals surface area contributed by atoms with E-state index in [1.807, 2.05) is 43.3 Å². The first-order chi connectivity index (χ1) is 20.8. The average Bonchev–Trinajstić information content (AvgIpc) is 3.73. The monoisotopic (exact) mass is 581 g/mol. The number of nitrogens with zero attached hydrogens (tertiary/aromatic N) is 2. The van der Waals surface area contributed by atoms with E-state index in [1.54, 1.807) is 37.4 Å². The number of aryl methyl sites for hydroxylation is 1. The van der Waals surface area contributed by atoms with Gasteiger partial charge in [0.05, 0.1) is 36.2 Å². The van der Waals surface area contributed by atoms with Crippen LogP contribution in [0.25, 0.3) is 11.3 Å². The molecule has 2 saturated heterocycles. The van der Waals surface area contributed by atoms with Crippen molar-refractivity contribution in [3.8, 4) is 0 Å². The molecule has 3 aliphatic rings. The lowest BCUT2D eigenvalue weighted by Gasteiger charge is -2.27. The maximum absolute atomic E-state index is 13.3. The zero-order chi connectivity index (χ0) is 30.1. The van der Waals surface area contributed by atoms with E-state index in [0.717, 1.165) is 25.2 Å². The third kappa shape index (κ3) is 5.77. The maximum Gasteiger partial charge on any atom is 0.338 e. The highest BCUT2D eigenvalue weighted by molar-refractivity contribution is 6.37. The second-order valence-corrected chi connectivity index (χ2v) is 11.1. The molecule has 3 aromatic rings. The number of esters is 1. The zero-order valence-electron chi connectivity index (χ0n) is 24.5. The Morgan fingerprint density at radius 1 is 1.07 bits per heavy atom. The van der Waals surface area contributed by atoms with E-state index in [2.05, 4.69) is 20.9 Å². The van der Waals surface area contributed by atoms with Gasteiger partial charge in [-0.3, -0.25) is 19.3 Å². The molecule has 3 heterocycles. The first-order valence-corrected chi connectivity index (χ1v) is 14.4. The number of likely N-dealkylation sites (tertiary alicyclic amines) is 1. The van der Waals surface area contributed by atoms with Gasteiger partial charge >= 0.3 is 5.97 Å². The highest BCUT2D eigenvalue weighted by Crippen LogP contribution is 2.39. The number of hydroxylamine groups is 2. The molecule has 2 fully saturated rings. The zero-order valence-corrected chi connectivity index (χ0v) is 24.5. The Morgan fingerprint density at radius 2 is 1.84 bits per heavy atom. The van der Waals surface area contributed by atoms with E-state index in [4.69, 9.17) is 9.57 Å². The summed E-state index contributed by atoms with van der Waals surface area (Å²) in [5, 5.41) is 11.1. The van der Waals surface area contributed by atoms with Crippen LogP contribution in [-0.4, -0.2) is 80.2 Å². The quantitative estimate of drug-likeness (QED) is 0.199. The SMILES string of the molecule is COC(=O)c1cc2c(cc1C)/C(=C(/Nc1ccc(C(=O)N(C)OCCN3CC4CC3CN4)cc1)c1ccccc1)C(=O)N2. The van der Waals surface area contributed by atoms with E-state index in [0.29, 0.717) is 63.6 Å². The molecule has 10 heteroatoms. The molecule has 222 valence electrons. The van der Waals surface area contributed by atoms with Gasteiger partial charge in [0.1, 0.15) is 0 Å². The second kappa shape index (κ2) is 12.0. The van der Waals surface area contributed by atoms with Gasteiger partial charge in [-0.25, -0.2) is 9.86 Å². The van der Waals surface area contributed by atoms with Gasteiger partial charge in [-0.2, -0.15) is 0 Å². The number of hydrogen-bond donors (Lipinski definition) is 3. The van der Waals surface area contributed by atoms with Gasteiger partial charge in [0.25, 0.3) is 11.8 Å². The number of fused-ring (bicyclic) bond motifs is 3. The Balaban J connectivity index is 1.20. The second-order valence-electron chi connectivity index (χ2n) is 11.1. The molecule has 0 spiro atoms. The number of rotatable bonds is 9. The summed E-state index contributed by atoms with van der Waals surface area (Å²) in [5.74, 6) is -0.986. The number of methoxy groups -OCH3 is 1. The van der Waals surface area contributed by atoms with Crippen molar-refractivity contribution in [3.63, 3.8) is 0 Å². The summed E-state index contributed by atoms with van der Waals surface area (Å²) in [6.07, 6.45) is 1.19. The van der Waals surface area contributed by atoms with Crippen molar-refractivity contribution in [2.24, 2.45) is 0 Å². The summed E-state index contributed by atoms with van der Waals surface area (Å²) in [6, 6.07) is 21.2. The van der Waals surface area contributed by atoms with Gasteiger partial charge in [-0.05, 0) is 60.9 Å². The predicted molar refractivity (Wildman–Crippen MR) is 164 cm³/mol. The van der Waals surface area contributed by atoms with Crippen molar-refractivity contribution in [1.29, 1.82) is 0 Å². The maximum atomic E-state index is 13.3. The number of ether oxygens (including phenoxy) is 1. The first kappa shape index (κ1) is 28.6. The van der Waals surface area contributed by atoms with Crippen LogP contribution in [0.5, 0.6) is 0 Å². The topological polar surface area (TPSA) is 112 Å². The van der Waals surface area contributed by atoms with Crippen molar-refractivity contribution in [2.45, 2.75) is 25.4 Å². The van der Waals surface area contributed by atoms with Crippen LogP contribution in [0.1, 0.15) is 43.8 Å². The van der Waals surface area contributed by atoms with Crippen LogP contribution in [0, 0.1) is 6.92 Å². The number of anilines is 2. The number of amides is 2. The van der Waals surface area contributed by atoms with Crippen molar-refractivity contribution >= 4 is 40.4 Å². The van der Waals surface area contributed by atoms with Crippen molar-refractivity contribution in [3.05, 3.63) is 94.5 Å². The fourth-order valence-electron chi connectivity index (χ4n) is 6.08. The minimum Gasteiger partial charge on any atom is -0.465 e. The molecule has 0 saturated carbocycles. The molecule has 2 amide bonds. The molecule has 10 nitrogen and oxygen atoms in total. The lowest BCUT2D eigenvalue weighted by atomic mass is 9.96. The minimum atomic E-state index is -0.463. The van der Waals surface area contributed by atoms with E-state index in [-0.39, 0.29) is 11.8 Å². The molecule has 2 atom stereocenters. The molecule has 0 radical (unpaired) electrons. The molecule has 3 N–H and O–H groups in total. The minimum absolute atomic E-state index is 0.237. The summed E-state index contributed by atoms with van der Waals surface area (Å²) in [4.78, 5) is 46.8. The largest absolute Gasteiger partial charge is 0.465 e. The van der Waals surface area contributed by atoms with E-state index >= 15 is 0 Å². The highest BCUT2D eigenvalue weighted by atomic mass is 16.7. The number of carbonyl (C=O) groups is 3. The van der Waals surface area contributed by atoms with Gasteiger partial charge < -0.3 is 20.7 Å². The van der Waals surface area contributed by atoms with E-state index in [9.17, 15) is 14.4 Å². The van der Waals surface area contributed by atoms with Crippen LogP contribution < -0.4 is 16.0 Å². The van der Waals surface area contributed by atoms with Crippen molar-refractivity contribution < 1.29 is 24.0 Å². The number of carbonyl (C=O) groups excluding carboxylic acids is 3. The molecule has 6 rings (SSSR count). The van der Waals surface area contributed by atoms with E-state index < -0.39 is 5.97 Å². The standard InChI is InChI=1S/C33H35N5O5/c1-20-15-27-28(17-26(20)33(41)42-3)36-31(39)29(27)30(21-7-5-4-6-8-21)35-23-11-9-22(10-12-23)32(40)37(2)43-14-13-38-19-24-16-25(38)18-34-24/h4-12,15,17,24-25,34-35H,13-14,16,18-19H2,1-3H3,(H,36,39)/b30-29-. The van der Waals surface area contributed by atoms with Gasteiger partial charge in [0.15, 0.2) is 0 Å². The van der Waals surface area contributed by atoms with Crippen molar-refractivity contribution in [1.82, 2.24) is 15.3 Å². The van der Waals surface area contributed by atoms with Crippen molar-refractivity contribution in [2.75, 3.05) is 51.0 Å². The predicted octanol–water partition coefficient (Wildman–Crippen LogP) is 3.76. The van der Waals surface area contributed by atoms with Crippen LogP contribution >= 0.6 is 0 Å². The fraction of sp³-hybridized carbons (Fsp3) is 0.303. The highest BCUT2D eigenvalue weighted by Gasteiger charge is 2.37. The molecule has 2 unspecified atom stereocenters. The molecule has 0 aromatic heterocycles. The number of piperazine rings is 1. The van der Waals surface area contributed by atoms with Gasteiger partial charge in [-0.15, -0.1) is 0 Å². The third-order valence-corrected chi connectivity index (χ3v) is 8.35. The van der Waals surface area contributed by atoms with Gasteiger partial charge in [-0.1, -0.05) is 30.3 Å². The lowest BCUT2D eigenvalue weighted by Crippen LogP contribution is -2.45. The first-order valence-electron chi connectivity index (χ1n) is 14.4. The Hall–Kier alpha value is -4.51. The van der Waals surface area contributed by atoms with Crippen LogP contribution in [0.2, 0.25) is 0 Å². The van der Waals surface area contributed by atoms with Crippen LogP contribution in [-0.2, 0) is 14.4 Å². The average molecular weight is 582 g/mol. The molecule has 3 aromatic carbocycles. The Kier molecular flexibility index (Phi) is 7.98. The summed E-state index contributed by atoms with van der Waals surface area (Å²) < 4.78 is 4.90. The number of benzene rings is 3. The summed E-state index contributed by atoms with van der Waals surface area (Å²) in [6.45, 7) is 5.11. The van der Waals surface area contributed by atoms with Gasteiger partial charge in [0.2, 0.25) is 0 Å². The van der Waals surface area contributed by atoms with Crippen LogP contribution in [0.3, 0.4) is 0 Å². The molecule has 0 aliphatic carbocycles. The summed E-state index contributed by atoms with van der Waals surface area (Å²) >= 11 is 0. The summed E-state index contributed by atoms with van der Waals surface area (Å²) in [5.41, 5.74) is 5.38. The van der Waals surface area contributed by atoms with Crippen LogP contribution in [0.15, 0.2) is 66.7 Å². The lowest BCUT2D eigenvalue weighted by molar-refractivity contribution is -0.111. The number of hydrogen-bond acceptors (Lipinski definition) is 8. The molecule has 2 bridgehead atoms. The normalized spacial score (nSPS) is 20.0. The Morgan fingerprint density at radius 3 is 2.51 bits per heavy atom. The molecule has 3 aliphatic heterocycles. The Bertz CT molecular complexity index is 1590. The molecular weight excluding hydrogens is 546 g/mol. The Labute approximate surface area is 250 Å². The number of nitrogens with one attached hydrogen (secondary N) is 3. The fourth-order valence-corrected chi connectivity index (χ4v) is 6.08. The van der Waals surface area contributed by atoms with Crippen LogP contribution in [0.4, 0.5) is 11.4 Å². The summed E-state index contributed by atoms with van der Waals surface area (Å²) in [7, 11) is 2.96. The smallest absolute Gasteiger partial charge is 0.338 e. The van der Waals surface area contributed by atoms with E-state index in [1.165, 1.54) is 18.6 Å². The molecular formula is C33H35N5O5. The van der Waals surface area contributed by atoms with Gasteiger partial charge in [0, 0.05) is 55.6 Å².